The van der Waals surface area contributed by atoms with Crippen LogP contribution in [0.5, 0.6) is 11.5 Å². The van der Waals surface area contributed by atoms with E-state index in [0.717, 1.165) is 27.9 Å². The summed E-state index contributed by atoms with van der Waals surface area (Å²) in [7, 11) is 1.47. The summed E-state index contributed by atoms with van der Waals surface area (Å²) in [6, 6.07) is 16.0. The maximum absolute atomic E-state index is 12.5. The first-order chi connectivity index (χ1) is 17.7. The first-order valence-electron chi connectivity index (χ1n) is 11.6. The third-order valence-corrected chi connectivity index (χ3v) is 5.38. The van der Waals surface area contributed by atoms with Gasteiger partial charge in [0.1, 0.15) is 0 Å². The summed E-state index contributed by atoms with van der Waals surface area (Å²) in [6.07, 6.45) is 1.36. The van der Waals surface area contributed by atoms with Crippen molar-refractivity contribution in [3.63, 3.8) is 0 Å². The van der Waals surface area contributed by atoms with E-state index < -0.39 is 11.8 Å². The zero-order valence-electron chi connectivity index (χ0n) is 21.5. The van der Waals surface area contributed by atoms with E-state index in [9.17, 15) is 14.4 Å². The number of hydrogen-bond acceptors (Lipinski definition) is 6. The molecule has 0 aliphatic carbocycles. The van der Waals surface area contributed by atoms with Gasteiger partial charge in [-0.3, -0.25) is 14.4 Å². The van der Waals surface area contributed by atoms with Crippen LogP contribution in [0.25, 0.3) is 0 Å². The van der Waals surface area contributed by atoms with E-state index in [-0.39, 0.29) is 12.5 Å². The molecule has 3 aromatic carbocycles. The largest absolute Gasteiger partial charge is 0.493 e. The van der Waals surface area contributed by atoms with E-state index in [0.29, 0.717) is 22.7 Å². The number of rotatable bonds is 8. The van der Waals surface area contributed by atoms with Gasteiger partial charge in [0, 0.05) is 11.4 Å². The molecule has 0 fully saturated rings. The standard InChI is InChI=1S/C28H30N4O5/c1-17-6-9-22(10-7-17)30-27(34)28(35)32-29-15-21-8-11-23(24(14-21)36-5)37-16-25(33)31-26-19(3)12-18(2)13-20(26)4/h6-15H,16H2,1-5H3,(H,30,34)(H,31,33)(H,32,35)/b29-15-. The van der Waals surface area contributed by atoms with Crippen molar-refractivity contribution in [1.29, 1.82) is 0 Å². The van der Waals surface area contributed by atoms with Crippen molar-refractivity contribution in [2.24, 2.45) is 5.10 Å². The van der Waals surface area contributed by atoms with Gasteiger partial charge in [0.05, 0.1) is 13.3 Å². The van der Waals surface area contributed by atoms with E-state index >= 15 is 0 Å². The Morgan fingerprint density at radius 3 is 2.14 bits per heavy atom. The molecule has 37 heavy (non-hydrogen) atoms. The fourth-order valence-electron chi connectivity index (χ4n) is 3.62. The van der Waals surface area contributed by atoms with E-state index in [1.165, 1.54) is 13.3 Å². The quantitative estimate of drug-likeness (QED) is 0.244. The Hall–Kier alpha value is -4.66. The molecule has 9 heteroatoms. The zero-order chi connectivity index (χ0) is 26.9. The Labute approximate surface area is 215 Å². The average Bonchev–Trinajstić information content (AvgIpc) is 2.86. The van der Waals surface area contributed by atoms with E-state index in [2.05, 4.69) is 21.2 Å². The normalized spacial score (nSPS) is 10.6. The van der Waals surface area contributed by atoms with Crippen LogP contribution < -0.4 is 25.5 Å². The molecule has 0 atom stereocenters. The van der Waals surface area contributed by atoms with Crippen LogP contribution in [0.3, 0.4) is 0 Å². The Morgan fingerprint density at radius 2 is 1.49 bits per heavy atom. The van der Waals surface area contributed by atoms with Gasteiger partial charge in [-0.2, -0.15) is 5.10 Å². The number of methoxy groups -OCH3 is 1. The zero-order valence-corrected chi connectivity index (χ0v) is 21.5. The van der Waals surface area contributed by atoms with Crippen molar-refractivity contribution in [2.45, 2.75) is 27.7 Å². The number of carbonyl (C=O) groups is 3. The highest BCUT2D eigenvalue weighted by atomic mass is 16.5. The molecule has 192 valence electrons. The second kappa shape index (κ2) is 12.3. The molecule has 3 aromatic rings. The molecule has 0 unspecified atom stereocenters. The number of hydrazone groups is 1. The molecule has 0 spiro atoms. The van der Waals surface area contributed by atoms with Crippen LogP contribution >= 0.6 is 0 Å². The van der Waals surface area contributed by atoms with Gasteiger partial charge in [0.15, 0.2) is 18.1 Å². The van der Waals surface area contributed by atoms with Crippen LogP contribution in [0, 0.1) is 27.7 Å². The third kappa shape index (κ3) is 7.66. The van der Waals surface area contributed by atoms with Crippen LogP contribution in [-0.4, -0.2) is 37.7 Å². The number of carbonyl (C=O) groups excluding carboxylic acids is 3. The molecule has 0 radical (unpaired) electrons. The molecule has 0 aliphatic heterocycles. The fourth-order valence-corrected chi connectivity index (χ4v) is 3.62. The molecule has 0 bridgehead atoms. The first-order valence-corrected chi connectivity index (χ1v) is 11.6. The summed E-state index contributed by atoms with van der Waals surface area (Å²) in [5, 5.41) is 9.21. The molecule has 0 saturated heterocycles. The van der Waals surface area contributed by atoms with Gasteiger partial charge in [-0.15, -0.1) is 0 Å². The summed E-state index contributed by atoms with van der Waals surface area (Å²) >= 11 is 0. The smallest absolute Gasteiger partial charge is 0.329 e. The minimum absolute atomic E-state index is 0.206. The number of hydrogen-bond donors (Lipinski definition) is 3. The van der Waals surface area contributed by atoms with Crippen LogP contribution in [0.4, 0.5) is 11.4 Å². The van der Waals surface area contributed by atoms with Gasteiger partial charge in [0.25, 0.3) is 5.91 Å². The number of nitrogens with one attached hydrogen (secondary N) is 3. The van der Waals surface area contributed by atoms with Crippen LogP contribution in [0.15, 0.2) is 59.7 Å². The number of ether oxygens (including phenoxy) is 2. The lowest BCUT2D eigenvalue weighted by Crippen LogP contribution is -2.32. The summed E-state index contributed by atoms with van der Waals surface area (Å²) in [4.78, 5) is 36.5. The molecule has 3 N–H and O–H groups in total. The van der Waals surface area contributed by atoms with Crippen molar-refractivity contribution < 1.29 is 23.9 Å². The number of benzene rings is 3. The molecule has 0 heterocycles. The molecule has 0 aromatic heterocycles. The lowest BCUT2D eigenvalue weighted by atomic mass is 10.1. The van der Waals surface area contributed by atoms with Gasteiger partial charge >= 0.3 is 11.8 Å². The van der Waals surface area contributed by atoms with E-state index in [1.807, 2.05) is 52.0 Å². The molecule has 9 nitrogen and oxygen atoms in total. The topological polar surface area (TPSA) is 118 Å². The summed E-state index contributed by atoms with van der Waals surface area (Å²) in [5.41, 5.74) is 8.17. The fraction of sp³-hybridized carbons (Fsp3) is 0.214. The predicted molar refractivity (Wildman–Crippen MR) is 143 cm³/mol. The van der Waals surface area contributed by atoms with Gasteiger partial charge in [-0.1, -0.05) is 35.4 Å². The highest BCUT2D eigenvalue weighted by Crippen LogP contribution is 2.28. The molecular formula is C28H30N4O5. The van der Waals surface area contributed by atoms with Crippen molar-refractivity contribution >= 4 is 35.3 Å². The maximum Gasteiger partial charge on any atom is 0.329 e. The van der Waals surface area contributed by atoms with Gasteiger partial charge in [-0.05, 0) is 74.7 Å². The summed E-state index contributed by atoms with van der Waals surface area (Å²) in [6.45, 7) is 7.61. The molecular weight excluding hydrogens is 472 g/mol. The maximum atomic E-state index is 12.5. The third-order valence-electron chi connectivity index (χ3n) is 5.38. The Kier molecular flexibility index (Phi) is 8.99. The molecule has 3 rings (SSSR count). The highest BCUT2D eigenvalue weighted by Gasteiger charge is 2.14. The summed E-state index contributed by atoms with van der Waals surface area (Å²) in [5.74, 6) is -1.30. The molecule has 0 saturated carbocycles. The lowest BCUT2D eigenvalue weighted by molar-refractivity contribution is -0.136. The predicted octanol–water partition coefficient (Wildman–Crippen LogP) is 4.04. The van der Waals surface area contributed by atoms with Gasteiger partial charge < -0.3 is 20.1 Å². The van der Waals surface area contributed by atoms with Crippen molar-refractivity contribution in [2.75, 3.05) is 24.4 Å². The van der Waals surface area contributed by atoms with Crippen LogP contribution in [-0.2, 0) is 14.4 Å². The number of nitrogens with zero attached hydrogens (tertiary/aromatic N) is 1. The minimum atomic E-state index is -0.909. The van der Waals surface area contributed by atoms with Crippen molar-refractivity contribution in [3.05, 3.63) is 82.4 Å². The second-order valence-electron chi connectivity index (χ2n) is 8.54. The summed E-state index contributed by atoms with van der Waals surface area (Å²) < 4.78 is 11.0. The average molecular weight is 503 g/mol. The number of aryl methyl sites for hydroxylation is 4. The number of anilines is 2. The number of amides is 3. The monoisotopic (exact) mass is 502 g/mol. The van der Waals surface area contributed by atoms with E-state index in [4.69, 9.17) is 9.47 Å². The van der Waals surface area contributed by atoms with Crippen LogP contribution in [0.1, 0.15) is 27.8 Å². The Balaban J connectivity index is 1.54. The Morgan fingerprint density at radius 1 is 0.811 bits per heavy atom. The van der Waals surface area contributed by atoms with Crippen molar-refractivity contribution in [1.82, 2.24) is 5.43 Å². The SMILES string of the molecule is COc1cc(/C=N\NC(=O)C(=O)Nc2ccc(C)cc2)ccc1OCC(=O)Nc1c(C)cc(C)cc1C. The first kappa shape index (κ1) is 26.9. The molecule has 3 amide bonds. The van der Waals surface area contributed by atoms with Crippen molar-refractivity contribution in [3.8, 4) is 11.5 Å². The van der Waals surface area contributed by atoms with E-state index in [1.54, 1.807) is 30.3 Å². The Bertz CT molecular complexity index is 1310. The minimum Gasteiger partial charge on any atom is -0.493 e. The van der Waals surface area contributed by atoms with Gasteiger partial charge in [-0.25, -0.2) is 5.43 Å². The highest BCUT2D eigenvalue weighted by molar-refractivity contribution is 6.39. The molecule has 0 aliphatic rings. The van der Waals surface area contributed by atoms with Gasteiger partial charge in [0.2, 0.25) is 0 Å². The second-order valence-corrected chi connectivity index (χ2v) is 8.54. The lowest BCUT2D eigenvalue weighted by Gasteiger charge is -2.14. The van der Waals surface area contributed by atoms with Crippen LogP contribution in [0.2, 0.25) is 0 Å².